The number of isothiocyanates is 1. The molecule has 1 aliphatic carbocycles. The Hall–Kier alpha value is -0.900. The Labute approximate surface area is 87.8 Å². The summed E-state index contributed by atoms with van der Waals surface area (Å²) in [6.07, 6.45) is 4.29. The summed E-state index contributed by atoms with van der Waals surface area (Å²) in [6, 6.07) is 0. The summed E-state index contributed by atoms with van der Waals surface area (Å²) >= 11 is 4.48. The third-order valence-electron chi connectivity index (χ3n) is 2.22. The summed E-state index contributed by atoms with van der Waals surface area (Å²) < 4.78 is 5.63. The van der Waals surface area contributed by atoms with Crippen molar-refractivity contribution in [3.05, 3.63) is 11.9 Å². The first kappa shape index (κ1) is 9.65. The lowest BCUT2D eigenvalue weighted by molar-refractivity contribution is 0.00468. The maximum Gasteiger partial charge on any atom is 0.199 e. The molecule has 0 saturated heterocycles. The molecule has 1 saturated carbocycles. The normalized spacial score (nSPS) is 29.9. The molecule has 0 N–H and O–H groups in total. The molecule has 0 spiro atoms. The number of aliphatic imine (C=N–C) groups is 1. The molecule has 14 heavy (non-hydrogen) atoms. The molecule has 2 aliphatic rings. The zero-order valence-corrected chi connectivity index (χ0v) is 8.75. The van der Waals surface area contributed by atoms with Gasteiger partial charge in [0.15, 0.2) is 11.5 Å². The average molecular weight is 209 g/mol. The first-order valence-corrected chi connectivity index (χ1v) is 5.00. The highest BCUT2D eigenvalue weighted by molar-refractivity contribution is 7.78. The summed E-state index contributed by atoms with van der Waals surface area (Å²) in [5.74, 6) is 1.20. The van der Waals surface area contributed by atoms with Crippen molar-refractivity contribution in [3.8, 4) is 0 Å². The van der Waals surface area contributed by atoms with Gasteiger partial charge in [0, 0.05) is 6.08 Å². The molecule has 5 heteroatoms. The first-order chi connectivity index (χ1) is 6.72. The number of azo groups is 1. The van der Waals surface area contributed by atoms with Crippen molar-refractivity contribution in [1.29, 1.82) is 0 Å². The third-order valence-corrected chi connectivity index (χ3v) is 2.31. The minimum Gasteiger partial charge on any atom is -0.348 e. The van der Waals surface area contributed by atoms with E-state index in [1.807, 2.05) is 6.92 Å². The molecule has 0 aromatic rings. The van der Waals surface area contributed by atoms with Crippen LogP contribution in [0.2, 0.25) is 0 Å². The SMILES string of the molecule is CC1(OCC2CC2)C=C(N=C=S)N=N1. The minimum absolute atomic E-state index is 0.485. The molecule has 1 heterocycles. The van der Waals surface area contributed by atoms with Gasteiger partial charge in [-0.3, -0.25) is 0 Å². The largest absolute Gasteiger partial charge is 0.348 e. The number of hydrogen-bond donors (Lipinski definition) is 0. The Balaban J connectivity index is 1.95. The van der Waals surface area contributed by atoms with Gasteiger partial charge in [0.1, 0.15) is 0 Å². The monoisotopic (exact) mass is 209 g/mol. The Morgan fingerprint density at radius 3 is 3.21 bits per heavy atom. The van der Waals surface area contributed by atoms with Crippen LogP contribution in [0.3, 0.4) is 0 Å². The van der Waals surface area contributed by atoms with E-state index in [0.29, 0.717) is 11.7 Å². The van der Waals surface area contributed by atoms with E-state index >= 15 is 0 Å². The maximum atomic E-state index is 5.63. The van der Waals surface area contributed by atoms with Crippen LogP contribution in [0.15, 0.2) is 27.1 Å². The number of thiocarbonyl (C=S) groups is 1. The van der Waals surface area contributed by atoms with Gasteiger partial charge in [-0.25, -0.2) is 0 Å². The molecule has 0 amide bonds. The van der Waals surface area contributed by atoms with Gasteiger partial charge in [0.05, 0.1) is 11.8 Å². The van der Waals surface area contributed by atoms with Crippen molar-refractivity contribution in [3.63, 3.8) is 0 Å². The van der Waals surface area contributed by atoms with E-state index in [4.69, 9.17) is 4.74 Å². The van der Waals surface area contributed by atoms with Crippen LogP contribution in [0.4, 0.5) is 0 Å². The van der Waals surface area contributed by atoms with Gasteiger partial charge in [-0.15, -0.1) is 10.2 Å². The standard InChI is InChI=1S/C9H11N3OS/c1-9(13-5-7-2-3-7)4-8(10-6-14)11-12-9/h4,7H,2-3,5H2,1H3. The Bertz CT molecular complexity index is 342. The zero-order chi connectivity index (χ0) is 10.0. The van der Waals surface area contributed by atoms with Gasteiger partial charge in [-0.2, -0.15) is 4.99 Å². The molecule has 1 unspecified atom stereocenters. The van der Waals surface area contributed by atoms with Gasteiger partial charge in [0.2, 0.25) is 0 Å². The summed E-state index contributed by atoms with van der Waals surface area (Å²) in [4.78, 5) is 3.75. The average Bonchev–Trinajstić information content (AvgIpc) is 2.91. The molecular formula is C9H11N3OS. The molecular weight excluding hydrogens is 198 g/mol. The third kappa shape index (κ3) is 2.32. The second kappa shape index (κ2) is 3.69. The quantitative estimate of drug-likeness (QED) is 0.527. The summed E-state index contributed by atoms with van der Waals surface area (Å²) in [6.45, 7) is 2.62. The fourth-order valence-corrected chi connectivity index (χ4v) is 1.28. The van der Waals surface area contributed by atoms with Crippen LogP contribution in [0.25, 0.3) is 0 Å². The second-order valence-electron chi connectivity index (χ2n) is 3.71. The van der Waals surface area contributed by atoms with Gasteiger partial charge in [-0.1, -0.05) is 0 Å². The molecule has 1 aliphatic heterocycles. The van der Waals surface area contributed by atoms with E-state index < -0.39 is 5.72 Å². The summed E-state index contributed by atoms with van der Waals surface area (Å²) in [7, 11) is 0. The van der Waals surface area contributed by atoms with Gasteiger partial charge < -0.3 is 4.74 Å². The van der Waals surface area contributed by atoms with Crippen LogP contribution >= 0.6 is 12.2 Å². The lowest BCUT2D eigenvalue weighted by atomic mass is 10.2. The van der Waals surface area contributed by atoms with E-state index in [-0.39, 0.29) is 0 Å². The molecule has 74 valence electrons. The van der Waals surface area contributed by atoms with Crippen molar-refractivity contribution in [2.75, 3.05) is 6.61 Å². The molecule has 2 rings (SSSR count). The predicted molar refractivity (Wildman–Crippen MR) is 55.0 cm³/mol. The number of nitrogens with zero attached hydrogens (tertiary/aromatic N) is 3. The van der Waals surface area contributed by atoms with Crippen LogP contribution in [0, 0.1) is 5.92 Å². The van der Waals surface area contributed by atoms with Crippen molar-refractivity contribution < 1.29 is 4.74 Å². The molecule has 0 aromatic carbocycles. The van der Waals surface area contributed by atoms with E-state index in [9.17, 15) is 0 Å². The van der Waals surface area contributed by atoms with E-state index in [1.54, 1.807) is 6.08 Å². The lowest BCUT2D eigenvalue weighted by Gasteiger charge is -2.16. The topological polar surface area (TPSA) is 46.3 Å². The fourth-order valence-electron chi connectivity index (χ4n) is 1.19. The van der Waals surface area contributed by atoms with Crippen molar-refractivity contribution in [2.24, 2.45) is 21.1 Å². The Morgan fingerprint density at radius 1 is 1.79 bits per heavy atom. The van der Waals surface area contributed by atoms with Crippen LogP contribution in [0.1, 0.15) is 19.8 Å². The number of hydrogen-bond acceptors (Lipinski definition) is 5. The predicted octanol–water partition coefficient (Wildman–Crippen LogP) is 2.54. The van der Waals surface area contributed by atoms with Crippen molar-refractivity contribution in [2.45, 2.75) is 25.5 Å². The Kier molecular flexibility index (Phi) is 2.54. The van der Waals surface area contributed by atoms with Crippen LogP contribution in [-0.2, 0) is 4.74 Å². The lowest BCUT2D eigenvalue weighted by Crippen LogP contribution is -2.22. The molecule has 0 bridgehead atoms. The summed E-state index contributed by atoms with van der Waals surface area (Å²) in [5, 5.41) is 10.1. The van der Waals surface area contributed by atoms with Crippen LogP contribution in [-0.4, -0.2) is 17.5 Å². The van der Waals surface area contributed by atoms with Crippen LogP contribution in [0.5, 0.6) is 0 Å². The fraction of sp³-hybridized carbons (Fsp3) is 0.667. The van der Waals surface area contributed by atoms with E-state index in [2.05, 4.69) is 32.6 Å². The molecule has 1 atom stereocenters. The van der Waals surface area contributed by atoms with Gasteiger partial charge >= 0.3 is 0 Å². The molecule has 4 nitrogen and oxygen atoms in total. The summed E-state index contributed by atoms with van der Waals surface area (Å²) in [5.41, 5.74) is -0.645. The van der Waals surface area contributed by atoms with Gasteiger partial charge in [0.25, 0.3) is 0 Å². The van der Waals surface area contributed by atoms with Crippen molar-refractivity contribution >= 4 is 17.4 Å². The Morgan fingerprint density at radius 2 is 2.57 bits per heavy atom. The second-order valence-corrected chi connectivity index (χ2v) is 3.90. The number of ether oxygens (including phenoxy) is 1. The minimum atomic E-state index is -0.645. The molecule has 0 radical (unpaired) electrons. The van der Waals surface area contributed by atoms with Crippen LogP contribution < -0.4 is 0 Å². The number of rotatable bonds is 4. The zero-order valence-electron chi connectivity index (χ0n) is 7.93. The highest BCUT2D eigenvalue weighted by Crippen LogP contribution is 2.33. The van der Waals surface area contributed by atoms with E-state index in [0.717, 1.165) is 6.61 Å². The molecule has 1 fully saturated rings. The van der Waals surface area contributed by atoms with Crippen molar-refractivity contribution in [1.82, 2.24) is 0 Å². The van der Waals surface area contributed by atoms with Gasteiger partial charge in [-0.05, 0) is 37.9 Å². The maximum absolute atomic E-state index is 5.63. The highest BCUT2D eigenvalue weighted by atomic mass is 32.1. The highest BCUT2D eigenvalue weighted by Gasteiger charge is 2.31. The smallest absolute Gasteiger partial charge is 0.199 e. The molecule has 0 aromatic heterocycles. The first-order valence-electron chi connectivity index (χ1n) is 4.59. The van der Waals surface area contributed by atoms with E-state index in [1.165, 1.54) is 12.8 Å².